The third-order valence-electron chi connectivity index (χ3n) is 6.81. The molecule has 3 aliphatic carbocycles. The first-order chi connectivity index (χ1) is 14.2. The van der Waals surface area contributed by atoms with Crippen LogP contribution < -0.4 is 0 Å². The molecule has 2 heteroatoms. The van der Waals surface area contributed by atoms with Crippen molar-refractivity contribution in [3.8, 4) is 0 Å². The van der Waals surface area contributed by atoms with Crippen LogP contribution in [0.5, 0.6) is 0 Å². The van der Waals surface area contributed by atoms with Crippen molar-refractivity contribution in [1.29, 1.82) is 0 Å². The van der Waals surface area contributed by atoms with Gasteiger partial charge >= 0.3 is 0 Å². The SMILES string of the molecule is OC(O)C1C=Cc2cc(C3=CCC(c4ccc(C5CCCCC5)cc4)=C3)ccc21. The molecule has 1 atom stereocenters. The number of hydrogen-bond acceptors (Lipinski definition) is 2. The lowest BCUT2D eigenvalue weighted by atomic mass is 9.83. The Balaban J connectivity index is 1.33. The maximum atomic E-state index is 9.53. The van der Waals surface area contributed by atoms with E-state index in [-0.39, 0.29) is 5.92 Å². The standard InChI is InChI=1S/C27H28O2/c28-27(29)26-15-13-24-17-23(12-14-25(24)26)22-11-10-21(16-22)20-8-6-19(7-9-20)18-4-2-1-3-5-18/h6-9,11-18,26-29H,1-5,10H2. The summed E-state index contributed by atoms with van der Waals surface area (Å²) in [5, 5.41) is 19.1. The predicted molar refractivity (Wildman–Crippen MR) is 119 cm³/mol. The lowest BCUT2D eigenvalue weighted by Gasteiger charge is -2.22. The minimum Gasteiger partial charge on any atom is -0.367 e. The molecule has 0 aliphatic heterocycles. The highest BCUT2D eigenvalue weighted by Crippen LogP contribution is 2.38. The van der Waals surface area contributed by atoms with Crippen LogP contribution in [0, 0.1) is 0 Å². The van der Waals surface area contributed by atoms with Crippen LogP contribution in [0.4, 0.5) is 0 Å². The van der Waals surface area contributed by atoms with Crippen molar-refractivity contribution < 1.29 is 10.2 Å². The van der Waals surface area contributed by atoms with E-state index in [0.717, 1.165) is 23.5 Å². The fraction of sp³-hybridized carbons (Fsp3) is 0.333. The summed E-state index contributed by atoms with van der Waals surface area (Å²) in [6, 6.07) is 15.6. The lowest BCUT2D eigenvalue weighted by molar-refractivity contribution is -0.0490. The molecule has 0 saturated heterocycles. The highest BCUT2D eigenvalue weighted by atomic mass is 16.5. The second kappa shape index (κ2) is 7.78. The van der Waals surface area contributed by atoms with Crippen LogP contribution in [-0.4, -0.2) is 16.5 Å². The molecule has 2 aromatic carbocycles. The van der Waals surface area contributed by atoms with E-state index < -0.39 is 6.29 Å². The molecule has 3 aliphatic rings. The maximum Gasteiger partial charge on any atom is 0.161 e. The maximum absolute atomic E-state index is 9.53. The van der Waals surface area contributed by atoms with Crippen LogP contribution in [0.3, 0.4) is 0 Å². The van der Waals surface area contributed by atoms with Gasteiger partial charge in [-0.05, 0) is 70.2 Å². The number of benzene rings is 2. The smallest absolute Gasteiger partial charge is 0.161 e. The van der Waals surface area contributed by atoms with Gasteiger partial charge in [-0.25, -0.2) is 0 Å². The minimum absolute atomic E-state index is 0.314. The van der Waals surface area contributed by atoms with Crippen molar-refractivity contribution in [2.24, 2.45) is 0 Å². The van der Waals surface area contributed by atoms with Gasteiger partial charge in [-0.3, -0.25) is 0 Å². The van der Waals surface area contributed by atoms with E-state index in [4.69, 9.17) is 0 Å². The Kier molecular flexibility index (Phi) is 4.99. The second-order valence-corrected chi connectivity index (χ2v) is 8.63. The van der Waals surface area contributed by atoms with Crippen molar-refractivity contribution in [2.75, 3.05) is 0 Å². The monoisotopic (exact) mass is 384 g/mol. The molecule has 0 spiro atoms. The highest BCUT2D eigenvalue weighted by molar-refractivity contribution is 5.90. The highest BCUT2D eigenvalue weighted by Gasteiger charge is 2.23. The summed E-state index contributed by atoms with van der Waals surface area (Å²) in [5.41, 5.74) is 8.71. The van der Waals surface area contributed by atoms with Crippen molar-refractivity contribution in [1.82, 2.24) is 0 Å². The summed E-state index contributed by atoms with van der Waals surface area (Å²) < 4.78 is 0. The Morgan fingerprint density at radius 3 is 2.38 bits per heavy atom. The van der Waals surface area contributed by atoms with Gasteiger partial charge in [0, 0.05) is 0 Å². The topological polar surface area (TPSA) is 40.5 Å². The van der Waals surface area contributed by atoms with E-state index in [2.05, 4.69) is 48.6 Å². The molecule has 0 heterocycles. The summed E-state index contributed by atoms with van der Waals surface area (Å²) in [7, 11) is 0. The Morgan fingerprint density at radius 1 is 0.862 bits per heavy atom. The Bertz CT molecular complexity index is 986. The van der Waals surface area contributed by atoms with E-state index in [0.29, 0.717) is 0 Å². The van der Waals surface area contributed by atoms with Crippen LogP contribution >= 0.6 is 0 Å². The number of rotatable bonds is 4. The van der Waals surface area contributed by atoms with Crippen molar-refractivity contribution in [2.45, 2.75) is 56.7 Å². The van der Waals surface area contributed by atoms with E-state index >= 15 is 0 Å². The minimum atomic E-state index is -1.34. The lowest BCUT2D eigenvalue weighted by Crippen LogP contribution is -2.14. The first kappa shape index (κ1) is 18.6. The molecule has 2 aromatic rings. The summed E-state index contributed by atoms with van der Waals surface area (Å²) in [4.78, 5) is 0. The fourth-order valence-electron chi connectivity index (χ4n) is 5.11. The van der Waals surface area contributed by atoms with Gasteiger partial charge in [0.15, 0.2) is 6.29 Å². The van der Waals surface area contributed by atoms with E-state index in [9.17, 15) is 10.2 Å². The molecular weight excluding hydrogens is 356 g/mol. The van der Waals surface area contributed by atoms with Gasteiger partial charge in [-0.1, -0.05) is 80.0 Å². The normalized spacial score (nSPS) is 21.4. The summed E-state index contributed by atoms with van der Waals surface area (Å²) in [6.07, 6.45) is 14.9. The molecule has 1 unspecified atom stereocenters. The first-order valence-corrected chi connectivity index (χ1v) is 10.9. The largest absolute Gasteiger partial charge is 0.367 e. The fourth-order valence-corrected chi connectivity index (χ4v) is 5.11. The molecule has 0 amide bonds. The molecule has 2 nitrogen and oxygen atoms in total. The summed E-state index contributed by atoms with van der Waals surface area (Å²) >= 11 is 0. The number of aliphatic hydroxyl groups excluding tert-OH is 1. The molecule has 2 N–H and O–H groups in total. The average molecular weight is 385 g/mol. The molecule has 0 radical (unpaired) electrons. The zero-order valence-corrected chi connectivity index (χ0v) is 16.7. The zero-order chi connectivity index (χ0) is 19.8. The van der Waals surface area contributed by atoms with Gasteiger partial charge in [0.05, 0.1) is 5.92 Å². The molecule has 0 aromatic heterocycles. The van der Waals surface area contributed by atoms with Crippen LogP contribution in [0.1, 0.15) is 78.2 Å². The molecule has 5 rings (SSSR count). The zero-order valence-electron chi connectivity index (χ0n) is 16.7. The number of allylic oxidation sites excluding steroid dienone is 4. The van der Waals surface area contributed by atoms with Gasteiger partial charge in [-0.15, -0.1) is 0 Å². The van der Waals surface area contributed by atoms with E-state index in [1.807, 2.05) is 18.2 Å². The molecule has 0 bridgehead atoms. The third-order valence-corrected chi connectivity index (χ3v) is 6.81. The Morgan fingerprint density at radius 2 is 1.62 bits per heavy atom. The van der Waals surface area contributed by atoms with Crippen LogP contribution in [0.15, 0.2) is 60.7 Å². The van der Waals surface area contributed by atoms with E-state index in [1.165, 1.54) is 59.9 Å². The molecular formula is C27H28O2. The third kappa shape index (κ3) is 3.63. The van der Waals surface area contributed by atoms with Gasteiger partial charge < -0.3 is 10.2 Å². The van der Waals surface area contributed by atoms with Gasteiger partial charge in [-0.2, -0.15) is 0 Å². The number of hydrogen-bond donors (Lipinski definition) is 2. The van der Waals surface area contributed by atoms with Crippen molar-refractivity contribution in [3.63, 3.8) is 0 Å². The molecule has 148 valence electrons. The first-order valence-electron chi connectivity index (χ1n) is 10.9. The van der Waals surface area contributed by atoms with Crippen LogP contribution in [-0.2, 0) is 0 Å². The van der Waals surface area contributed by atoms with Crippen LogP contribution in [0.2, 0.25) is 0 Å². The van der Waals surface area contributed by atoms with Crippen molar-refractivity contribution >= 4 is 17.2 Å². The van der Waals surface area contributed by atoms with Gasteiger partial charge in [0.25, 0.3) is 0 Å². The van der Waals surface area contributed by atoms with Gasteiger partial charge in [0.2, 0.25) is 0 Å². The Hall–Kier alpha value is -2.42. The number of aliphatic hydroxyl groups is 2. The van der Waals surface area contributed by atoms with Crippen LogP contribution in [0.25, 0.3) is 17.2 Å². The average Bonchev–Trinajstić information content (AvgIpc) is 3.41. The van der Waals surface area contributed by atoms with Gasteiger partial charge in [0.1, 0.15) is 0 Å². The summed E-state index contributed by atoms with van der Waals surface area (Å²) in [5.74, 6) is 0.440. The Labute approximate surface area is 172 Å². The number of fused-ring (bicyclic) bond motifs is 1. The predicted octanol–water partition coefficient (Wildman–Crippen LogP) is 6.03. The molecule has 29 heavy (non-hydrogen) atoms. The summed E-state index contributed by atoms with van der Waals surface area (Å²) in [6.45, 7) is 0. The van der Waals surface area contributed by atoms with E-state index in [1.54, 1.807) is 0 Å². The quantitative estimate of drug-likeness (QED) is 0.632. The second-order valence-electron chi connectivity index (χ2n) is 8.63. The molecule has 1 fully saturated rings. The molecule has 1 saturated carbocycles. The van der Waals surface area contributed by atoms with Crippen molar-refractivity contribution in [3.05, 3.63) is 88.5 Å².